The van der Waals surface area contributed by atoms with E-state index in [9.17, 15) is 5.11 Å². The molecule has 2 aromatic carbocycles. The first-order valence-electron chi connectivity index (χ1n) is 9.15. The summed E-state index contributed by atoms with van der Waals surface area (Å²) in [6.07, 6.45) is 3.61. The van der Waals surface area contributed by atoms with Crippen molar-refractivity contribution in [3.63, 3.8) is 0 Å². The van der Waals surface area contributed by atoms with E-state index in [1.165, 1.54) is 14.2 Å². The van der Waals surface area contributed by atoms with Gasteiger partial charge in [-0.3, -0.25) is 4.40 Å². The first-order valence-corrected chi connectivity index (χ1v) is 9.15. The Morgan fingerprint density at radius 2 is 1.66 bits per heavy atom. The molecule has 2 aromatic heterocycles. The van der Waals surface area contributed by atoms with Crippen LogP contribution in [0, 0.1) is 13.8 Å². The lowest BCUT2D eigenvalue weighted by Gasteiger charge is -2.15. The Morgan fingerprint density at radius 1 is 1.00 bits per heavy atom. The van der Waals surface area contributed by atoms with Gasteiger partial charge in [0.05, 0.1) is 14.2 Å². The number of methoxy groups -OCH3 is 2. The summed E-state index contributed by atoms with van der Waals surface area (Å²) in [6, 6.07) is 11.5. The quantitative estimate of drug-likeness (QED) is 0.523. The van der Waals surface area contributed by atoms with Crippen molar-refractivity contribution in [2.45, 2.75) is 13.8 Å². The minimum atomic E-state index is -0.0510. The number of ether oxygens (including phenoxy) is 2. The van der Waals surface area contributed by atoms with Gasteiger partial charge >= 0.3 is 0 Å². The van der Waals surface area contributed by atoms with Crippen molar-refractivity contribution in [2.24, 2.45) is 0 Å². The third-order valence-corrected chi connectivity index (χ3v) is 4.88. The number of aromatic nitrogens is 3. The molecule has 0 amide bonds. The third kappa shape index (κ3) is 3.20. The van der Waals surface area contributed by atoms with Gasteiger partial charge < -0.3 is 19.9 Å². The molecule has 0 saturated carbocycles. The Bertz CT molecular complexity index is 1150. The summed E-state index contributed by atoms with van der Waals surface area (Å²) in [7, 11) is 3.00. The number of fused-ring (bicyclic) bond motifs is 1. The molecule has 0 unspecified atom stereocenters. The lowest BCUT2D eigenvalue weighted by molar-refractivity contribution is 0.340. The maximum atomic E-state index is 10.3. The molecule has 0 aliphatic heterocycles. The minimum absolute atomic E-state index is 0.0510. The predicted octanol–water partition coefficient (Wildman–Crippen LogP) is 4.48. The fraction of sp³-hybridized carbons (Fsp3) is 0.182. The maximum Gasteiger partial charge on any atom is 0.235 e. The second-order valence-electron chi connectivity index (χ2n) is 6.72. The largest absolute Gasteiger partial charge is 0.502 e. The number of phenolic OH excluding ortho intramolecular Hbond substituents is 1. The molecule has 7 nitrogen and oxygen atoms in total. The molecule has 0 aliphatic rings. The molecule has 0 fully saturated rings. The average molecular weight is 390 g/mol. The molecule has 4 aromatic rings. The lowest BCUT2D eigenvalue weighted by Crippen LogP contribution is -2.01. The molecular weight excluding hydrogens is 368 g/mol. The van der Waals surface area contributed by atoms with Crippen LogP contribution < -0.4 is 14.8 Å². The van der Waals surface area contributed by atoms with Gasteiger partial charge in [0.25, 0.3) is 0 Å². The number of nitrogens with one attached hydrogen (secondary N) is 1. The Kier molecular flexibility index (Phi) is 4.72. The first-order chi connectivity index (χ1) is 14.0. The van der Waals surface area contributed by atoms with Crippen LogP contribution in [0.1, 0.15) is 11.1 Å². The predicted molar refractivity (Wildman–Crippen MR) is 112 cm³/mol. The van der Waals surface area contributed by atoms with Crippen LogP contribution in [-0.4, -0.2) is 33.7 Å². The van der Waals surface area contributed by atoms with E-state index < -0.39 is 0 Å². The number of aryl methyl sites for hydroxylation is 2. The zero-order chi connectivity index (χ0) is 20.5. The van der Waals surface area contributed by atoms with Crippen LogP contribution in [0.2, 0.25) is 0 Å². The van der Waals surface area contributed by atoms with Gasteiger partial charge in [-0.2, -0.15) is 0 Å². The summed E-state index contributed by atoms with van der Waals surface area (Å²) in [5.41, 5.74) is 4.65. The van der Waals surface area contributed by atoms with E-state index in [1.54, 1.807) is 18.3 Å². The van der Waals surface area contributed by atoms with Crippen LogP contribution in [0.5, 0.6) is 17.2 Å². The van der Waals surface area contributed by atoms with Gasteiger partial charge in [-0.05, 0) is 43.2 Å². The molecule has 0 saturated heterocycles. The van der Waals surface area contributed by atoms with E-state index in [-0.39, 0.29) is 5.75 Å². The molecule has 0 atom stereocenters. The smallest absolute Gasteiger partial charge is 0.235 e. The molecule has 0 aliphatic carbocycles. The Hall–Kier alpha value is -3.74. The second kappa shape index (κ2) is 7.35. The van der Waals surface area contributed by atoms with Gasteiger partial charge in [-0.15, -0.1) is 0 Å². The van der Waals surface area contributed by atoms with Crippen molar-refractivity contribution < 1.29 is 14.6 Å². The molecule has 29 heavy (non-hydrogen) atoms. The molecule has 0 bridgehead atoms. The zero-order valence-corrected chi connectivity index (χ0v) is 16.7. The maximum absolute atomic E-state index is 10.3. The molecule has 0 radical (unpaired) electrons. The van der Waals surface area contributed by atoms with Crippen molar-refractivity contribution in [3.05, 3.63) is 59.9 Å². The van der Waals surface area contributed by atoms with Crippen LogP contribution in [0.3, 0.4) is 0 Å². The monoisotopic (exact) mass is 390 g/mol. The van der Waals surface area contributed by atoms with Crippen molar-refractivity contribution in [3.8, 4) is 28.5 Å². The van der Waals surface area contributed by atoms with Crippen LogP contribution in [0.25, 0.3) is 17.0 Å². The summed E-state index contributed by atoms with van der Waals surface area (Å²) in [5, 5.41) is 13.8. The summed E-state index contributed by atoms with van der Waals surface area (Å²) in [6.45, 7) is 4.12. The Balaban J connectivity index is 1.96. The fourth-order valence-corrected chi connectivity index (χ4v) is 3.37. The van der Waals surface area contributed by atoms with Crippen molar-refractivity contribution >= 4 is 17.3 Å². The van der Waals surface area contributed by atoms with E-state index in [2.05, 4.69) is 36.3 Å². The number of hydrogen-bond acceptors (Lipinski definition) is 6. The highest BCUT2D eigenvalue weighted by Crippen LogP contribution is 2.42. The van der Waals surface area contributed by atoms with E-state index in [4.69, 9.17) is 14.5 Å². The molecule has 4 rings (SSSR count). The second-order valence-corrected chi connectivity index (χ2v) is 6.72. The number of para-hydroxylation sites is 1. The van der Waals surface area contributed by atoms with Gasteiger partial charge in [0.15, 0.2) is 11.5 Å². The summed E-state index contributed by atoms with van der Waals surface area (Å²) < 4.78 is 12.5. The Morgan fingerprint density at radius 3 is 2.28 bits per heavy atom. The zero-order valence-electron chi connectivity index (χ0n) is 16.7. The number of phenols is 1. The van der Waals surface area contributed by atoms with Gasteiger partial charge in [0.2, 0.25) is 11.5 Å². The number of rotatable bonds is 5. The summed E-state index contributed by atoms with van der Waals surface area (Å²) >= 11 is 0. The number of aromatic hydroxyl groups is 1. The number of benzene rings is 2. The van der Waals surface area contributed by atoms with Crippen molar-refractivity contribution in [2.75, 3.05) is 19.5 Å². The molecule has 2 N–H and O–H groups in total. The van der Waals surface area contributed by atoms with Crippen molar-refractivity contribution in [1.82, 2.24) is 14.4 Å². The van der Waals surface area contributed by atoms with E-state index >= 15 is 0 Å². The lowest BCUT2D eigenvalue weighted by atomic mass is 10.1. The molecule has 7 heteroatoms. The first kappa shape index (κ1) is 18.6. The summed E-state index contributed by atoms with van der Waals surface area (Å²) in [5.74, 6) is 1.89. The van der Waals surface area contributed by atoms with Gasteiger partial charge in [0, 0.05) is 23.6 Å². The van der Waals surface area contributed by atoms with Crippen molar-refractivity contribution in [1.29, 1.82) is 0 Å². The highest BCUT2D eigenvalue weighted by molar-refractivity contribution is 5.82. The van der Waals surface area contributed by atoms with Crippen LogP contribution in [0.4, 0.5) is 11.5 Å². The van der Waals surface area contributed by atoms with Crippen LogP contribution in [-0.2, 0) is 0 Å². The number of imidazole rings is 1. The number of anilines is 2. The highest BCUT2D eigenvalue weighted by Gasteiger charge is 2.20. The summed E-state index contributed by atoms with van der Waals surface area (Å²) in [4.78, 5) is 9.09. The molecule has 0 spiro atoms. The topological polar surface area (TPSA) is 80.9 Å². The van der Waals surface area contributed by atoms with Gasteiger partial charge in [-0.1, -0.05) is 18.2 Å². The third-order valence-electron chi connectivity index (χ3n) is 4.88. The van der Waals surface area contributed by atoms with Crippen LogP contribution >= 0.6 is 0 Å². The average Bonchev–Trinajstić information content (AvgIpc) is 3.09. The molecular formula is C22H22N4O3. The van der Waals surface area contributed by atoms with Crippen LogP contribution in [0.15, 0.2) is 48.8 Å². The Labute approximate surface area is 168 Å². The van der Waals surface area contributed by atoms with E-state index in [0.29, 0.717) is 23.0 Å². The molecule has 148 valence electrons. The standard InChI is InChI=1S/C22H22N4O3/c1-13-7-5-8-14(2)18(13)24-21-19(25-22-23-9-6-10-26(21)22)15-11-16(28-3)20(27)17(12-15)29-4/h5-12,24,27H,1-4H3. The van der Waals surface area contributed by atoms with E-state index in [0.717, 1.165) is 28.2 Å². The normalized spacial score (nSPS) is 10.9. The molecule has 2 heterocycles. The highest BCUT2D eigenvalue weighted by atomic mass is 16.5. The number of nitrogens with zero attached hydrogens (tertiary/aromatic N) is 3. The fourth-order valence-electron chi connectivity index (χ4n) is 3.37. The SMILES string of the molecule is COc1cc(-c2nc3ncccn3c2Nc2c(C)cccc2C)cc(OC)c1O. The number of hydrogen-bond donors (Lipinski definition) is 2. The van der Waals surface area contributed by atoms with Gasteiger partial charge in [-0.25, -0.2) is 9.97 Å². The van der Waals surface area contributed by atoms with Gasteiger partial charge in [0.1, 0.15) is 11.5 Å². The minimum Gasteiger partial charge on any atom is -0.502 e. The van der Waals surface area contributed by atoms with E-state index in [1.807, 2.05) is 22.7 Å².